The van der Waals surface area contributed by atoms with Crippen molar-refractivity contribution < 1.29 is 9.84 Å². The minimum atomic E-state index is -0.200. The molecule has 2 atom stereocenters. The molecule has 84 valence electrons. The lowest BCUT2D eigenvalue weighted by molar-refractivity contribution is 0.0518. The van der Waals surface area contributed by atoms with Gasteiger partial charge in [-0.05, 0) is 32.6 Å². The first-order valence-corrected chi connectivity index (χ1v) is 5.52. The van der Waals surface area contributed by atoms with Crippen LogP contribution < -0.4 is 0 Å². The van der Waals surface area contributed by atoms with Crippen molar-refractivity contribution in [2.24, 2.45) is 0 Å². The summed E-state index contributed by atoms with van der Waals surface area (Å²) in [4.78, 5) is 0. The van der Waals surface area contributed by atoms with Crippen LogP contribution in [-0.4, -0.2) is 24.4 Å². The lowest BCUT2D eigenvalue weighted by atomic mass is 10.0. The van der Waals surface area contributed by atoms with Crippen molar-refractivity contribution in [2.75, 3.05) is 7.11 Å². The molecule has 2 heteroatoms. The molecule has 0 rings (SSSR count). The number of allylic oxidation sites excluding steroid dienone is 1. The third kappa shape index (κ3) is 8.27. The molecule has 0 saturated carbocycles. The molecular formula is C12H24O2. The van der Waals surface area contributed by atoms with Gasteiger partial charge in [0.1, 0.15) is 0 Å². The predicted octanol–water partition coefficient (Wildman–Crippen LogP) is 2.91. The van der Waals surface area contributed by atoms with E-state index in [-0.39, 0.29) is 12.2 Å². The Kier molecular flexibility index (Phi) is 9.00. The molecular weight excluding hydrogens is 176 g/mol. The average molecular weight is 200 g/mol. The zero-order chi connectivity index (χ0) is 10.8. The van der Waals surface area contributed by atoms with E-state index in [9.17, 15) is 5.11 Å². The number of unbranched alkanes of at least 4 members (excludes halogenated alkanes) is 3. The van der Waals surface area contributed by atoms with Crippen LogP contribution in [0, 0.1) is 0 Å². The standard InChI is InChI=1S/C12H24O2/c1-4-5-6-7-8-9-12(13)10-11(2)14-3/h4,11-13H,1,5-10H2,2-3H3. The van der Waals surface area contributed by atoms with Gasteiger partial charge in [0.15, 0.2) is 0 Å². The van der Waals surface area contributed by atoms with E-state index in [0.29, 0.717) is 0 Å². The lowest BCUT2D eigenvalue weighted by Crippen LogP contribution is -2.16. The van der Waals surface area contributed by atoms with Crippen LogP contribution in [0.3, 0.4) is 0 Å². The number of methoxy groups -OCH3 is 1. The number of ether oxygens (including phenoxy) is 1. The molecule has 0 fully saturated rings. The van der Waals surface area contributed by atoms with Crippen molar-refractivity contribution in [3.05, 3.63) is 12.7 Å². The Hall–Kier alpha value is -0.340. The highest BCUT2D eigenvalue weighted by atomic mass is 16.5. The summed E-state index contributed by atoms with van der Waals surface area (Å²) in [5, 5.41) is 9.61. The van der Waals surface area contributed by atoms with Crippen LogP contribution in [0.25, 0.3) is 0 Å². The number of rotatable bonds is 9. The van der Waals surface area contributed by atoms with Crippen molar-refractivity contribution in [3.8, 4) is 0 Å². The van der Waals surface area contributed by atoms with Crippen molar-refractivity contribution in [1.29, 1.82) is 0 Å². The monoisotopic (exact) mass is 200 g/mol. The third-order valence-electron chi connectivity index (χ3n) is 2.45. The number of aliphatic hydroxyl groups is 1. The zero-order valence-electron chi connectivity index (χ0n) is 9.54. The molecule has 0 amide bonds. The maximum Gasteiger partial charge on any atom is 0.0567 e. The second-order valence-electron chi connectivity index (χ2n) is 3.86. The molecule has 2 nitrogen and oxygen atoms in total. The van der Waals surface area contributed by atoms with E-state index in [1.807, 2.05) is 13.0 Å². The Labute approximate surface area is 88.0 Å². The van der Waals surface area contributed by atoms with Crippen molar-refractivity contribution >= 4 is 0 Å². The minimum absolute atomic E-state index is 0.165. The van der Waals surface area contributed by atoms with Gasteiger partial charge >= 0.3 is 0 Å². The highest BCUT2D eigenvalue weighted by Crippen LogP contribution is 2.10. The van der Waals surface area contributed by atoms with E-state index < -0.39 is 0 Å². The van der Waals surface area contributed by atoms with Gasteiger partial charge in [0.25, 0.3) is 0 Å². The van der Waals surface area contributed by atoms with Gasteiger partial charge in [0, 0.05) is 7.11 Å². The maximum absolute atomic E-state index is 9.61. The van der Waals surface area contributed by atoms with Gasteiger partial charge in [-0.3, -0.25) is 0 Å². The highest BCUT2D eigenvalue weighted by Gasteiger charge is 2.08. The SMILES string of the molecule is C=CCCCCCC(O)CC(C)OC. The topological polar surface area (TPSA) is 29.5 Å². The fourth-order valence-electron chi connectivity index (χ4n) is 1.44. The van der Waals surface area contributed by atoms with Crippen LogP contribution in [0.5, 0.6) is 0 Å². The Morgan fingerprint density at radius 2 is 2.07 bits per heavy atom. The second-order valence-corrected chi connectivity index (χ2v) is 3.86. The fourth-order valence-corrected chi connectivity index (χ4v) is 1.44. The summed E-state index contributed by atoms with van der Waals surface area (Å²) < 4.78 is 5.09. The molecule has 2 unspecified atom stereocenters. The molecule has 1 N–H and O–H groups in total. The molecule has 14 heavy (non-hydrogen) atoms. The smallest absolute Gasteiger partial charge is 0.0567 e. The summed E-state index contributed by atoms with van der Waals surface area (Å²) in [6.07, 6.45) is 8.12. The number of hydrogen-bond acceptors (Lipinski definition) is 2. The summed E-state index contributed by atoms with van der Waals surface area (Å²) in [5.41, 5.74) is 0. The Bertz CT molecular complexity index is 134. The number of hydrogen-bond donors (Lipinski definition) is 1. The Morgan fingerprint density at radius 3 is 2.64 bits per heavy atom. The van der Waals surface area contributed by atoms with Gasteiger partial charge < -0.3 is 9.84 Å². The molecule has 0 aromatic rings. The average Bonchev–Trinajstić information content (AvgIpc) is 2.17. The van der Waals surface area contributed by atoms with E-state index >= 15 is 0 Å². The summed E-state index contributed by atoms with van der Waals surface area (Å²) >= 11 is 0. The lowest BCUT2D eigenvalue weighted by Gasteiger charge is -2.14. The molecule has 0 aromatic heterocycles. The van der Waals surface area contributed by atoms with Crippen molar-refractivity contribution in [3.63, 3.8) is 0 Å². The zero-order valence-corrected chi connectivity index (χ0v) is 9.54. The van der Waals surface area contributed by atoms with Crippen LogP contribution in [0.4, 0.5) is 0 Å². The Balaban J connectivity index is 3.26. The molecule has 0 aromatic carbocycles. The van der Waals surface area contributed by atoms with Crippen LogP contribution in [0.1, 0.15) is 45.4 Å². The normalized spacial score (nSPS) is 15.1. The van der Waals surface area contributed by atoms with Gasteiger partial charge in [-0.15, -0.1) is 6.58 Å². The molecule has 0 aliphatic heterocycles. The van der Waals surface area contributed by atoms with E-state index in [0.717, 1.165) is 25.7 Å². The van der Waals surface area contributed by atoms with E-state index in [2.05, 4.69) is 6.58 Å². The summed E-state index contributed by atoms with van der Waals surface area (Å²) in [6, 6.07) is 0. The quantitative estimate of drug-likeness (QED) is 0.458. The molecule has 0 aliphatic carbocycles. The maximum atomic E-state index is 9.61. The largest absolute Gasteiger partial charge is 0.393 e. The van der Waals surface area contributed by atoms with Gasteiger partial charge in [0.05, 0.1) is 12.2 Å². The molecule has 0 radical (unpaired) electrons. The van der Waals surface area contributed by atoms with Gasteiger partial charge in [-0.25, -0.2) is 0 Å². The number of aliphatic hydroxyl groups excluding tert-OH is 1. The first kappa shape index (κ1) is 13.7. The van der Waals surface area contributed by atoms with E-state index in [1.165, 1.54) is 12.8 Å². The van der Waals surface area contributed by atoms with Gasteiger partial charge in [-0.1, -0.05) is 18.9 Å². The second kappa shape index (κ2) is 9.22. The first-order chi connectivity index (χ1) is 6.70. The van der Waals surface area contributed by atoms with Gasteiger partial charge in [-0.2, -0.15) is 0 Å². The fraction of sp³-hybridized carbons (Fsp3) is 0.833. The summed E-state index contributed by atoms with van der Waals surface area (Å²) in [6.45, 7) is 5.66. The minimum Gasteiger partial charge on any atom is -0.393 e. The van der Waals surface area contributed by atoms with E-state index in [1.54, 1.807) is 7.11 Å². The van der Waals surface area contributed by atoms with Crippen LogP contribution >= 0.6 is 0 Å². The molecule has 0 heterocycles. The summed E-state index contributed by atoms with van der Waals surface area (Å²) in [7, 11) is 1.68. The summed E-state index contributed by atoms with van der Waals surface area (Å²) in [5.74, 6) is 0. The van der Waals surface area contributed by atoms with Crippen LogP contribution in [0.15, 0.2) is 12.7 Å². The third-order valence-corrected chi connectivity index (χ3v) is 2.45. The van der Waals surface area contributed by atoms with Crippen LogP contribution in [-0.2, 0) is 4.74 Å². The molecule has 0 bridgehead atoms. The van der Waals surface area contributed by atoms with Crippen molar-refractivity contribution in [2.45, 2.75) is 57.7 Å². The predicted molar refractivity (Wildman–Crippen MR) is 60.4 cm³/mol. The Morgan fingerprint density at radius 1 is 1.36 bits per heavy atom. The van der Waals surface area contributed by atoms with E-state index in [4.69, 9.17) is 4.74 Å². The highest BCUT2D eigenvalue weighted by molar-refractivity contribution is 4.66. The molecule has 0 aliphatic rings. The molecule has 0 saturated heterocycles. The first-order valence-electron chi connectivity index (χ1n) is 5.52. The van der Waals surface area contributed by atoms with Crippen molar-refractivity contribution in [1.82, 2.24) is 0 Å². The van der Waals surface area contributed by atoms with Gasteiger partial charge in [0.2, 0.25) is 0 Å². The van der Waals surface area contributed by atoms with Crippen LogP contribution in [0.2, 0.25) is 0 Å². The molecule has 0 spiro atoms.